The van der Waals surface area contributed by atoms with Crippen LogP contribution < -0.4 is 5.32 Å². The van der Waals surface area contributed by atoms with Gasteiger partial charge < -0.3 is 19.9 Å². The van der Waals surface area contributed by atoms with Crippen LogP contribution in [0.5, 0.6) is 0 Å². The number of urea groups is 1. The minimum absolute atomic E-state index is 0.166. The fourth-order valence-corrected chi connectivity index (χ4v) is 4.56. The van der Waals surface area contributed by atoms with E-state index in [0.717, 1.165) is 58.5 Å². The zero-order chi connectivity index (χ0) is 15.6. The second-order valence-corrected chi connectivity index (χ2v) is 7.75. The van der Waals surface area contributed by atoms with Crippen LogP contribution in [0.25, 0.3) is 0 Å². The van der Waals surface area contributed by atoms with Crippen molar-refractivity contribution in [2.24, 2.45) is 11.3 Å². The molecule has 1 atom stereocenters. The summed E-state index contributed by atoms with van der Waals surface area (Å²) in [5, 5.41) is 3.26. The predicted molar refractivity (Wildman–Crippen MR) is 86.9 cm³/mol. The Kier molecular flexibility index (Phi) is 4.93. The van der Waals surface area contributed by atoms with Gasteiger partial charge in [-0.1, -0.05) is 12.8 Å². The van der Waals surface area contributed by atoms with Crippen molar-refractivity contribution in [3.63, 3.8) is 0 Å². The smallest absolute Gasteiger partial charge is 0.317 e. The summed E-state index contributed by atoms with van der Waals surface area (Å²) in [6.07, 6.45) is 7.02. The highest BCUT2D eigenvalue weighted by Gasteiger charge is 2.48. The molecule has 0 aromatic carbocycles. The maximum absolute atomic E-state index is 12.6. The number of hydrogen-bond donors (Lipinski definition) is 1. The third-order valence-corrected chi connectivity index (χ3v) is 5.86. The molecular weight excluding hydrogens is 278 g/mol. The van der Waals surface area contributed by atoms with E-state index in [4.69, 9.17) is 4.74 Å². The number of nitrogens with one attached hydrogen (secondary N) is 1. The molecule has 0 aromatic rings. The number of likely N-dealkylation sites (tertiary alicyclic amines) is 1. The highest BCUT2D eigenvalue weighted by Crippen LogP contribution is 2.44. The quantitative estimate of drug-likeness (QED) is 0.866. The molecule has 2 amide bonds. The molecule has 1 saturated carbocycles. The summed E-state index contributed by atoms with van der Waals surface area (Å²) in [4.78, 5) is 17.0. The summed E-state index contributed by atoms with van der Waals surface area (Å²) in [6.45, 7) is 4.57. The SMILES string of the molecule is CN(C)C[C@H]1CN(C(=O)NC2CCCC2)CC12CCOCC2. The van der Waals surface area contributed by atoms with Crippen LogP contribution in [0.2, 0.25) is 0 Å². The summed E-state index contributed by atoms with van der Waals surface area (Å²) in [5.41, 5.74) is 0.273. The highest BCUT2D eigenvalue weighted by molar-refractivity contribution is 5.75. The summed E-state index contributed by atoms with van der Waals surface area (Å²) in [7, 11) is 4.27. The molecule has 0 bridgehead atoms. The molecule has 3 aliphatic rings. The van der Waals surface area contributed by atoms with Gasteiger partial charge in [0.1, 0.15) is 0 Å². The molecule has 0 radical (unpaired) electrons. The van der Waals surface area contributed by atoms with Crippen molar-refractivity contribution in [1.29, 1.82) is 0 Å². The molecule has 2 aliphatic heterocycles. The van der Waals surface area contributed by atoms with Gasteiger partial charge in [-0.3, -0.25) is 0 Å². The Morgan fingerprint density at radius 2 is 1.95 bits per heavy atom. The number of amides is 2. The maximum atomic E-state index is 12.6. The second kappa shape index (κ2) is 6.75. The van der Waals surface area contributed by atoms with E-state index in [-0.39, 0.29) is 11.4 Å². The minimum atomic E-state index is 0.166. The lowest BCUT2D eigenvalue weighted by molar-refractivity contribution is -0.00397. The number of carbonyl (C=O) groups excluding carboxylic acids is 1. The second-order valence-electron chi connectivity index (χ2n) is 7.75. The molecule has 0 unspecified atom stereocenters. The van der Waals surface area contributed by atoms with Crippen molar-refractivity contribution in [2.75, 3.05) is 46.9 Å². The number of hydrogen-bond acceptors (Lipinski definition) is 3. The van der Waals surface area contributed by atoms with Gasteiger partial charge in [-0.25, -0.2) is 4.79 Å². The van der Waals surface area contributed by atoms with Gasteiger partial charge in [0.2, 0.25) is 0 Å². The van der Waals surface area contributed by atoms with Crippen molar-refractivity contribution in [3.05, 3.63) is 0 Å². The topological polar surface area (TPSA) is 44.8 Å². The molecule has 126 valence electrons. The summed E-state index contributed by atoms with van der Waals surface area (Å²) in [6, 6.07) is 0.574. The van der Waals surface area contributed by atoms with Crippen LogP contribution >= 0.6 is 0 Å². The molecule has 22 heavy (non-hydrogen) atoms. The lowest BCUT2D eigenvalue weighted by Gasteiger charge is -2.38. The van der Waals surface area contributed by atoms with Crippen LogP contribution in [0.3, 0.4) is 0 Å². The van der Waals surface area contributed by atoms with E-state index >= 15 is 0 Å². The van der Waals surface area contributed by atoms with Crippen molar-refractivity contribution >= 4 is 6.03 Å². The van der Waals surface area contributed by atoms with E-state index in [1.807, 2.05) is 0 Å². The fraction of sp³-hybridized carbons (Fsp3) is 0.941. The predicted octanol–water partition coefficient (Wildman–Crippen LogP) is 1.93. The fourth-order valence-electron chi connectivity index (χ4n) is 4.56. The molecule has 5 heteroatoms. The molecule has 3 rings (SSSR count). The van der Waals surface area contributed by atoms with Gasteiger partial charge >= 0.3 is 6.03 Å². The van der Waals surface area contributed by atoms with Crippen LogP contribution in [0.15, 0.2) is 0 Å². The first-order valence-electron chi connectivity index (χ1n) is 8.87. The molecule has 2 heterocycles. The molecular formula is C17H31N3O2. The van der Waals surface area contributed by atoms with Crippen LogP contribution in [0.4, 0.5) is 4.79 Å². The van der Waals surface area contributed by atoms with E-state index in [1.54, 1.807) is 0 Å². The molecule has 3 fully saturated rings. The maximum Gasteiger partial charge on any atom is 0.317 e. The third kappa shape index (κ3) is 3.40. The molecule has 1 N–H and O–H groups in total. The summed E-state index contributed by atoms with van der Waals surface area (Å²) in [5.74, 6) is 0.570. The van der Waals surface area contributed by atoms with E-state index in [9.17, 15) is 4.79 Å². The third-order valence-electron chi connectivity index (χ3n) is 5.86. The Hall–Kier alpha value is -0.810. The van der Waals surface area contributed by atoms with Crippen molar-refractivity contribution < 1.29 is 9.53 Å². The minimum Gasteiger partial charge on any atom is -0.381 e. The van der Waals surface area contributed by atoms with Crippen molar-refractivity contribution in [3.8, 4) is 0 Å². The van der Waals surface area contributed by atoms with Gasteiger partial charge in [-0.05, 0) is 51.1 Å². The van der Waals surface area contributed by atoms with E-state index in [0.29, 0.717) is 12.0 Å². The Labute approximate surface area is 134 Å². The summed E-state index contributed by atoms with van der Waals surface area (Å²) < 4.78 is 5.58. The average Bonchev–Trinajstić information content (AvgIpc) is 3.09. The molecule has 1 spiro atoms. The summed E-state index contributed by atoms with van der Waals surface area (Å²) >= 11 is 0. The van der Waals surface area contributed by atoms with Gasteiger partial charge in [0.15, 0.2) is 0 Å². The van der Waals surface area contributed by atoms with Crippen molar-refractivity contribution in [1.82, 2.24) is 15.1 Å². The average molecular weight is 309 g/mol. The highest BCUT2D eigenvalue weighted by atomic mass is 16.5. The van der Waals surface area contributed by atoms with Gasteiger partial charge in [0, 0.05) is 38.9 Å². The zero-order valence-corrected chi connectivity index (χ0v) is 14.1. The monoisotopic (exact) mass is 309 g/mol. The lowest BCUT2D eigenvalue weighted by atomic mass is 9.72. The normalized spacial score (nSPS) is 28.7. The van der Waals surface area contributed by atoms with E-state index in [2.05, 4.69) is 29.2 Å². The molecule has 1 aliphatic carbocycles. The first kappa shape index (κ1) is 16.1. The van der Waals surface area contributed by atoms with Crippen LogP contribution in [-0.4, -0.2) is 68.8 Å². The van der Waals surface area contributed by atoms with Gasteiger partial charge in [0.05, 0.1) is 0 Å². The van der Waals surface area contributed by atoms with Crippen LogP contribution in [0.1, 0.15) is 38.5 Å². The Morgan fingerprint density at radius 1 is 1.27 bits per heavy atom. The molecule has 2 saturated heterocycles. The lowest BCUT2D eigenvalue weighted by Crippen LogP contribution is -2.44. The van der Waals surface area contributed by atoms with Gasteiger partial charge in [0.25, 0.3) is 0 Å². The van der Waals surface area contributed by atoms with Gasteiger partial charge in [-0.2, -0.15) is 0 Å². The van der Waals surface area contributed by atoms with Gasteiger partial charge in [-0.15, -0.1) is 0 Å². The standard InChI is InChI=1S/C17H31N3O2/c1-19(2)11-14-12-20(13-17(14)7-9-22-10-8-17)16(21)18-15-5-3-4-6-15/h14-15H,3-13H2,1-2H3,(H,18,21)/t14-/m0/s1. The first-order chi connectivity index (χ1) is 10.6. The number of carbonyl (C=O) groups is 1. The Balaban J connectivity index is 1.64. The number of ether oxygens (including phenoxy) is 1. The first-order valence-corrected chi connectivity index (χ1v) is 8.87. The number of nitrogens with zero attached hydrogens (tertiary/aromatic N) is 2. The Bertz CT molecular complexity index is 387. The molecule has 5 nitrogen and oxygen atoms in total. The van der Waals surface area contributed by atoms with Crippen LogP contribution in [-0.2, 0) is 4.74 Å². The largest absolute Gasteiger partial charge is 0.381 e. The Morgan fingerprint density at radius 3 is 2.59 bits per heavy atom. The van der Waals surface area contributed by atoms with E-state index < -0.39 is 0 Å². The van der Waals surface area contributed by atoms with Crippen molar-refractivity contribution in [2.45, 2.75) is 44.6 Å². The van der Waals surface area contributed by atoms with Crippen LogP contribution in [0, 0.1) is 11.3 Å². The molecule has 0 aromatic heterocycles. The number of rotatable bonds is 3. The zero-order valence-electron chi connectivity index (χ0n) is 14.1. The van der Waals surface area contributed by atoms with E-state index in [1.165, 1.54) is 12.8 Å².